The van der Waals surface area contributed by atoms with Crippen molar-refractivity contribution < 1.29 is 4.79 Å². The average Bonchev–Trinajstić information content (AvgIpc) is 2.69. The summed E-state index contributed by atoms with van der Waals surface area (Å²) in [5, 5.41) is 7.95. The number of hydrogen-bond donors (Lipinski definition) is 1. The molecule has 0 bridgehead atoms. The summed E-state index contributed by atoms with van der Waals surface area (Å²) in [4.78, 5) is 25.3. The van der Waals surface area contributed by atoms with Crippen LogP contribution >= 0.6 is 11.6 Å². The lowest BCUT2D eigenvalue weighted by atomic mass is 9.87. The highest BCUT2D eigenvalue weighted by Gasteiger charge is 2.24. The SMILES string of the molecule is Cc1cc(=O)c(C(=O)N[C@@H]2CCCc3ccccc32)nn1-c1ccc(Cl)cc1. The van der Waals surface area contributed by atoms with Crippen molar-refractivity contribution in [3.63, 3.8) is 0 Å². The molecule has 6 heteroatoms. The monoisotopic (exact) mass is 393 g/mol. The molecule has 1 aliphatic rings. The number of rotatable bonds is 3. The number of fused-ring (bicyclic) bond motifs is 1. The van der Waals surface area contributed by atoms with E-state index in [1.54, 1.807) is 35.9 Å². The second-order valence-corrected chi connectivity index (χ2v) is 7.44. The summed E-state index contributed by atoms with van der Waals surface area (Å²) in [5.74, 6) is -0.450. The fourth-order valence-electron chi connectivity index (χ4n) is 3.68. The Kier molecular flexibility index (Phi) is 5.01. The average molecular weight is 394 g/mol. The highest BCUT2D eigenvalue weighted by atomic mass is 35.5. The number of aryl methyl sites for hydroxylation is 2. The number of hydrogen-bond acceptors (Lipinski definition) is 3. The predicted octanol–water partition coefficient (Wildman–Crippen LogP) is 4.00. The second-order valence-electron chi connectivity index (χ2n) is 7.00. The normalized spacial score (nSPS) is 15.7. The summed E-state index contributed by atoms with van der Waals surface area (Å²) < 4.78 is 1.58. The Morgan fingerprint density at radius 2 is 1.93 bits per heavy atom. The summed E-state index contributed by atoms with van der Waals surface area (Å²) in [6, 6.07) is 16.5. The zero-order valence-electron chi connectivity index (χ0n) is 15.5. The molecular weight excluding hydrogens is 374 g/mol. The molecule has 1 amide bonds. The smallest absolute Gasteiger partial charge is 0.276 e. The van der Waals surface area contributed by atoms with Crippen molar-refractivity contribution in [1.29, 1.82) is 0 Å². The van der Waals surface area contributed by atoms with E-state index in [2.05, 4.69) is 16.5 Å². The van der Waals surface area contributed by atoms with Gasteiger partial charge in [-0.05, 0) is 61.6 Å². The molecule has 0 aliphatic heterocycles. The van der Waals surface area contributed by atoms with E-state index < -0.39 is 5.91 Å². The fraction of sp³-hybridized carbons (Fsp3) is 0.227. The molecule has 1 aliphatic carbocycles. The first-order valence-electron chi connectivity index (χ1n) is 9.28. The number of carbonyl (C=O) groups excluding carboxylic acids is 1. The fourth-order valence-corrected chi connectivity index (χ4v) is 3.80. The number of nitrogens with zero attached hydrogens (tertiary/aromatic N) is 2. The highest BCUT2D eigenvalue weighted by Crippen LogP contribution is 2.29. The second kappa shape index (κ2) is 7.60. The number of halogens is 1. The Balaban J connectivity index is 1.66. The molecular formula is C22H20ClN3O2. The third kappa shape index (κ3) is 3.58. The van der Waals surface area contributed by atoms with Gasteiger partial charge >= 0.3 is 0 Å². The lowest BCUT2D eigenvalue weighted by Gasteiger charge is -2.26. The highest BCUT2D eigenvalue weighted by molar-refractivity contribution is 6.30. The van der Waals surface area contributed by atoms with Gasteiger partial charge in [0.1, 0.15) is 0 Å². The van der Waals surface area contributed by atoms with E-state index in [4.69, 9.17) is 11.6 Å². The molecule has 142 valence electrons. The Bertz CT molecular complexity index is 1090. The molecule has 0 radical (unpaired) electrons. The third-order valence-corrected chi connectivity index (χ3v) is 5.32. The summed E-state index contributed by atoms with van der Waals surface area (Å²) >= 11 is 5.95. The molecule has 0 saturated heterocycles. The van der Waals surface area contributed by atoms with Crippen molar-refractivity contribution in [3.8, 4) is 5.69 Å². The molecule has 0 fully saturated rings. The van der Waals surface area contributed by atoms with Gasteiger partial charge in [-0.1, -0.05) is 35.9 Å². The van der Waals surface area contributed by atoms with Crippen molar-refractivity contribution in [3.05, 3.63) is 92.4 Å². The first-order valence-corrected chi connectivity index (χ1v) is 9.66. The number of carbonyl (C=O) groups is 1. The van der Waals surface area contributed by atoms with Gasteiger partial charge in [-0.15, -0.1) is 0 Å². The van der Waals surface area contributed by atoms with E-state index in [0.717, 1.165) is 30.5 Å². The number of amides is 1. The molecule has 2 aromatic carbocycles. The standard InChI is InChI=1S/C22H20ClN3O2/c1-14-13-20(27)21(25-26(14)17-11-9-16(23)10-12-17)22(28)24-19-8-4-6-15-5-2-3-7-18(15)19/h2-3,5,7,9-13,19H,4,6,8H2,1H3,(H,24,28)/t19-/m1/s1. The maximum Gasteiger partial charge on any atom is 0.276 e. The Labute approximate surface area is 168 Å². The molecule has 0 spiro atoms. The molecule has 5 nitrogen and oxygen atoms in total. The number of benzene rings is 2. The summed E-state index contributed by atoms with van der Waals surface area (Å²) in [6.07, 6.45) is 2.85. The molecule has 3 aromatic rings. The van der Waals surface area contributed by atoms with Crippen LogP contribution in [0.15, 0.2) is 59.4 Å². The Hall–Kier alpha value is -2.92. The van der Waals surface area contributed by atoms with Gasteiger partial charge in [-0.2, -0.15) is 5.10 Å². The summed E-state index contributed by atoms with van der Waals surface area (Å²) in [7, 11) is 0. The van der Waals surface area contributed by atoms with Crippen LogP contribution in [0.25, 0.3) is 5.69 Å². The van der Waals surface area contributed by atoms with E-state index in [1.165, 1.54) is 11.6 Å². The Morgan fingerprint density at radius 1 is 1.18 bits per heavy atom. The minimum Gasteiger partial charge on any atom is -0.344 e. The van der Waals surface area contributed by atoms with Gasteiger partial charge < -0.3 is 5.32 Å². The summed E-state index contributed by atoms with van der Waals surface area (Å²) in [5.41, 5.74) is 3.25. The number of aromatic nitrogens is 2. The third-order valence-electron chi connectivity index (χ3n) is 5.07. The quantitative estimate of drug-likeness (QED) is 0.731. The Morgan fingerprint density at radius 3 is 2.71 bits per heavy atom. The van der Waals surface area contributed by atoms with Crippen molar-refractivity contribution >= 4 is 17.5 Å². The van der Waals surface area contributed by atoms with Crippen molar-refractivity contribution in [2.24, 2.45) is 0 Å². The maximum atomic E-state index is 12.9. The van der Waals surface area contributed by atoms with E-state index in [-0.39, 0.29) is 17.2 Å². The first-order chi connectivity index (χ1) is 13.5. The van der Waals surface area contributed by atoms with Crippen LogP contribution in [0.5, 0.6) is 0 Å². The van der Waals surface area contributed by atoms with Crippen LogP contribution in [0.1, 0.15) is 46.2 Å². The van der Waals surface area contributed by atoms with Crippen LogP contribution in [-0.2, 0) is 6.42 Å². The van der Waals surface area contributed by atoms with Gasteiger partial charge in [0.05, 0.1) is 11.7 Å². The van der Waals surface area contributed by atoms with Crippen molar-refractivity contribution in [2.45, 2.75) is 32.2 Å². The van der Waals surface area contributed by atoms with Gasteiger partial charge in [0.15, 0.2) is 5.69 Å². The predicted molar refractivity (Wildman–Crippen MR) is 109 cm³/mol. The largest absolute Gasteiger partial charge is 0.344 e. The lowest BCUT2D eigenvalue weighted by molar-refractivity contribution is 0.0924. The first kappa shape index (κ1) is 18.4. The molecule has 0 saturated carbocycles. The molecule has 28 heavy (non-hydrogen) atoms. The molecule has 4 rings (SSSR count). The molecule has 1 N–H and O–H groups in total. The minimum atomic E-state index is -0.450. The molecule has 1 aromatic heterocycles. The van der Waals surface area contributed by atoms with Crippen molar-refractivity contribution in [2.75, 3.05) is 0 Å². The van der Waals surface area contributed by atoms with Crippen molar-refractivity contribution in [1.82, 2.24) is 15.1 Å². The summed E-state index contributed by atoms with van der Waals surface area (Å²) in [6.45, 7) is 1.78. The van der Waals surface area contributed by atoms with Crippen LogP contribution < -0.4 is 10.7 Å². The van der Waals surface area contributed by atoms with Crippen LogP contribution in [-0.4, -0.2) is 15.7 Å². The van der Waals surface area contributed by atoms with Gasteiger partial charge in [0, 0.05) is 16.8 Å². The van der Waals surface area contributed by atoms with Gasteiger partial charge in [0.2, 0.25) is 5.43 Å². The lowest BCUT2D eigenvalue weighted by Crippen LogP contribution is -2.35. The van der Waals surface area contributed by atoms with E-state index in [0.29, 0.717) is 10.7 Å². The van der Waals surface area contributed by atoms with Crippen LogP contribution in [0.2, 0.25) is 5.02 Å². The zero-order chi connectivity index (χ0) is 19.7. The van der Waals surface area contributed by atoms with Crippen LogP contribution in [0.3, 0.4) is 0 Å². The van der Waals surface area contributed by atoms with Gasteiger partial charge in [-0.25, -0.2) is 4.68 Å². The molecule has 0 unspecified atom stereocenters. The number of nitrogens with one attached hydrogen (secondary N) is 1. The van der Waals surface area contributed by atoms with Crippen LogP contribution in [0.4, 0.5) is 0 Å². The minimum absolute atomic E-state index is 0.107. The van der Waals surface area contributed by atoms with E-state index in [1.807, 2.05) is 18.2 Å². The van der Waals surface area contributed by atoms with E-state index in [9.17, 15) is 9.59 Å². The topological polar surface area (TPSA) is 64.0 Å². The zero-order valence-corrected chi connectivity index (χ0v) is 16.2. The van der Waals surface area contributed by atoms with Gasteiger partial charge in [-0.3, -0.25) is 9.59 Å². The van der Waals surface area contributed by atoms with Gasteiger partial charge in [0.25, 0.3) is 5.91 Å². The maximum absolute atomic E-state index is 12.9. The van der Waals surface area contributed by atoms with E-state index >= 15 is 0 Å². The molecule has 1 heterocycles. The molecule has 1 atom stereocenters. The van der Waals surface area contributed by atoms with Crippen LogP contribution in [0, 0.1) is 6.92 Å².